The first-order chi connectivity index (χ1) is 7.61. The molecule has 0 aliphatic carbocycles. The molecule has 1 aliphatic heterocycles. The number of hydrogen-bond donors (Lipinski definition) is 1. The molecule has 16 heavy (non-hydrogen) atoms. The molecule has 1 saturated heterocycles. The third-order valence-corrected chi connectivity index (χ3v) is 4.33. The highest BCUT2D eigenvalue weighted by Crippen LogP contribution is 2.23. The van der Waals surface area contributed by atoms with Crippen molar-refractivity contribution in [2.45, 2.75) is 12.5 Å². The molecule has 6 heteroatoms. The van der Waals surface area contributed by atoms with E-state index in [4.69, 9.17) is 4.74 Å². The lowest BCUT2D eigenvalue weighted by Crippen LogP contribution is -2.21. The van der Waals surface area contributed by atoms with E-state index in [1.807, 2.05) is 0 Å². The number of methoxy groups -OCH3 is 1. The van der Waals surface area contributed by atoms with Gasteiger partial charge in [0, 0.05) is 12.2 Å². The summed E-state index contributed by atoms with van der Waals surface area (Å²) in [4.78, 5) is 4.13. The lowest BCUT2D eigenvalue weighted by molar-refractivity contribution is 0.414. The van der Waals surface area contributed by atoms with Crippen molar-refractivity contribution in [3.05, 3.63) is 18.3 Å². The minimum absolute atomic E-state index is 0.0613. The molecule has 1 atom stereocenters. The molecule has 1 aliphatic rings. The van der Waals surface area contributed by atoms with Gasteiger partial charge in [-0.1, -0.05) is 0 Å². The first kappa shape index (κ1) is 11.2. The fourth-order valence-electron chi connectivity index (χ4n) is 1.77. The second-order valence-electron chi connectivity index (χ2n) is 3.80. The Morgan fingerprint density at radius 2 is 2.38 bits per heavy atom. The Balaban J connectivity index is 2.10. The maximum atomic E-state index is 11.3. The highest BCUT2D eigenvalue weighted by atomic mass is 32.2. The third-order valence-electron chi connectivity index (χ3n) is 2.56. The molecule has 0 bridgehead atoms. The first-order valence-corrected chi connectivity index (χ1v) is 6.89. The van der Waals surface area contributed by atoms with E-state index in [9.17, 15) is 8.42 Å². The van der Waals surface area contributed by atoms with Crippen LogP contribution in [0.2, 0.25) is 0 Å². The predicted octanol–water partition coefficient (Wildman–Crippen LogP) is 0.689. The van der Waals surface area contributed by atoms with Crippen molar-refractivity contribution in [1.82, 2.24) is 4.98 Å². The van der Waals surface area contributed by atoms with Gasteiger partial charge in [-0.05, 0) is 18.6 Å². The second-order valence-corrected chi connectivity index (χ2v) is 6.03. The molecule has 1 N–H and O–H groups in total. The van der Waals surface area contributed by atoms with Gasteiger partial charge in [0.2, 0.25) is 0 Å². The van der Waals surface area contributed by atoms with E-state index in [-0.39, 0.29) is 17.5 Å². The number of anilines is 1. The van der Waals surface area contributed by atoms with E-state index in [0.717, 1.165) is 0 Å². The smallest absolute Gasteiger partial charge is 0.168 e. The highest BCUT2D eigenvalue weighted by molar-refractivity contribution is 7.91. The van der Waals surface area contributed by atoms with Gasteiger partial charge < -0.3 is 10.1 Å². The summed E-state index contributed by atoms with van der Waals surface area (Å²) in [6.07, 6.45) is 2.27. The standard InChI is InChI=1S/C10H14N2O3S/c1-15-9-3-2-5-11-10(9)12-8-4-6-16(13,14)7-8/h2-3,5,8H,4,6-7H2,1H3,(H,11,12). The number of pyridine rings is 1. The van der Waals surface area contributed by atoms with Crippen LogP contribution in [0.4, 0.5) is 5.82 Å². The maximum absolute atomic E-state index is 11.3. The van der Waals surface area contributed by atoms with Gasteiger partial charge in [-0.2, -0.15) is 0 Å². The molecule has 2 rings (SSSR count). The summed E-state index contributed by atoms with van der Waals surface area (Å²) in [6.45, 7) is 0. The Hall–Kier alpha value is -1.30. The van der Waals surface area contributed by atoms with Gasteiger partial charge in [-0.3, -0.25) is 0 Å². The van der Waals surface area contributed by atoms with Gasteiger partial charge in [-0.25, -0.2) is 13.4 Å². The molecule has 1 fully saturated rings. The van der Waals surface area contributed by atoms with E-state index in [2.05, 4.69) is 10.3 Å². The van der Waals surface area contributed by atoms with Crippen LogP contribution in [-0.4, -0.2) is 38.1 Å². The Labute approximate surface area is 94.8 Å². The van der Waals surface area contributed by atoms with Crippen LogP contribution in [0.25, 0.3) is 0 Å². The highest BCUT2D eigenvalue weighted by Gasteiger charge is 2.28. The number of ether oxygens (including phenoxy) is 1. The van der Waals surface area contributed by atoms with Gasteiger partial charge in [0.25, 0.3) is 0 Å². The number of nitrogens with zero attached hydrogens (tertiary/aromatic N) is 1. The summed E-state index contributed by atoms with van der Waals surface area (Å²) in [7, 11) is -1.30. The zero-order valence-corrected chi connectivity index (χ0v) is 9.83. The minimum atomic E-state index is -2.87. The topological polar surface area (TPSA) is 68.3 Å². The minimum Gasteiger partial charge on any atom is -0.493 e. The largest absolute Gasteiger partial charge is 0.493 e. The fraction of sp³-hybridized carbons (Fsp3) is 0.500. The van der Waals surface area contributed by atoms with Crippen molar-refractivity contribution >= 4 is 15.7 Å². The Morgan fingerprint density at radius 3 is 3.00 bits per heavy atom. The maximum Gasteiger partial charge on any atom is 0.168 e. The van der Waals surface area contributed by atoms with Crippen molar-refractivity contribution in [3.63, 3.8) is 0 Å². The van der Waals surface area contributed by atoms with Crippen LogP contribution in [0.3, 0.4) is 0 Å². The summed E-state index contributed by atoms with van der Waals surface area (Å²) in [5, 5.41) is 3.10. The van der Waals surface area contributed by atoms with Crippen molar-refractivity contribution in [2.75, 3.05) is 23.9 Å². The molecular formula is C10H14N2O3S. The lowest BCUT2D eigenvalue weighted by atomic mass is 10.2. The van der Waals surface area contributed by atoms with E-state index >= 15 is 0 Å². The second kappa shape index (κ2) is 4.29. The van der Waals surface area contributed by atoms with E-state index in [1.165, 1.54) is 0 Å². The Bertz CT molecular complexity index is 473. The average Bonchev–Trinajstić information content (AvgIpc) is 2.59. The summed E-state index contributed by atoms with van der Waals surface area (Å²) in [6, 6.07) is 3.50. The summed E-state index contributed by atoms with van der Waals surface area (Å²) in [5.41, 5.74) is 0. The van der Waals surface area contributed by atoms with Crippen molar-refractivity contribution < 1.29 is 13.2 Å². The van der Waals surface area contributed by atoms with E-state index < -0.39 is 9.84 Å². The SMILES string of the molecule is COc1cccnc1NC1CCS(=O)(=O)C1. The normalized spacial score (nSPS) is 22.9. The molecule has 0 aromatic carbocycles. The molecule has 0 spiro atoms. The molecule has 0 amide bonds. The molecule has 2 heterocycles. The predicted molar refractivity (Wildman–Crippen MR) is 61.5 cm³/mol. The van der Waals surface area contributed by atoms with Gasteiger partial charge in [0.1, 0.15) is 0 Å². The molecule has 5 nitrogen and oxygen atoms in total. The van der Waals surface area contributed by atoms with Crippen LogP contribution < -0.4 is 10.1 Å². The Morgan fingerprint density at radius 1 is 1.56 bits per heavy atom. The van der Waals surface area contributed by atoms with Gasteiger partial charge >= 0.3 is 0 Å². The van der Waals surface area contributed by atoms with E-state index in [1.54, 1.807) is 25.4 Å². The monoisotopic (exact) mass is 242 g/mol. The molecule has 0 saturated carbocycles. The van der Waals surface area contributed by atoms with Crippen molar-refractivity contribution in [3.8, 4) is 5.75 Å². The van der Waals surface area contributed by atoms with Crippen LogP contribution in [0.1, 0.15) is 6.42 Å². The summed E-state index contributed by atoms with van der Waals surface area (Å²) in [5.74, 6) is 1.66. The first-order valence-electron chi connectivity index (χ1n) is 5.07. The quantitative estimate of drug-likeness (QED) is 0.844. The van der Waals surface area contributed by atoms with Crippen molar-refractivity contribution in [2.24, 2.45) is 0 Å². The van der Waals surface area contributed by atoms with Crippen LogP contribution in [0.5, 0.6) is 5.75 Å². The number of hydrogen-bond acceptors (Lipinski definition) is 5. The molecule has 1 unspecified atom stereocenters. The number of sulfone groups is 1. The number of rotatable bonds is 3. The van der Waals surface area contributed by atoms with Gasteiger partial charge in [0.15, 0.2) is 21.4 Å². The lowest BCUT2D eigenvalue weighted by Gasteiger charge is -2.13. The summed E-state index contributed by atoms with van der Waals surface area (Å²) < 4.78 is 27.7. The molecule has 88 valence electrons. The summed E-state index contributed by atoms with van der Waals surface area (Å²) >= 11 is 0. The van der Waals surface area contributed by atoms with Crippen LogP contribution in [0.15, 0.2) is 18.3 Å². The molecular weight excluding hydrogens is 228 g/mol. The van der Waals surface area contributed by atoms with Crippen LogP contribution in [0, 0.1) is 0 Å². The molecule has 1 aromatic rings. The molecule has 1 aromatic heterocycles. The van der Waals surface area contributed by atoms with Gasteiger partial charge in [0.05, 0.1) is 18.6 Å². The van der Waals surface area contributed by atoms with E-state index in [0.29, 0.717) is 18.0 Å². The zero-order chi connectivity index (χ0) is 11.6. The molecule has 0 radical (unpaired) electrons. The van der Waals surface area contributed by atoms with Crippen molar-refractivity contribution in [1.29, 1.82) is 0 Å². The zero-order valence-electron chi connectivity index (χ0n) is 9.01. The van der Waals surface area contributed by atoms with Crippen LogP contribution >= 0.6 is 0 Å². The Kier molecular flexibility index (Phi) is 3.00. The number of nitrogens with one attached hydrogen (secondary N) is 1. The fourth-order valence-corrected chi connectivity index (χ4v) is 3.44. The number of aromatic nitrogens is 1. The third kappa shape index (κ3) is 2.44. The average molecular weight is 242 g/mol. The van der Waals surface area contributed by atoms with Crippen LogP contribution in [-0.2, 0) is 9.84 Å². The van der Waals surface area contributed by atoms with Gasteiger partial charge in [-0.15, -0.1) is 0 Å².